The van der Waals surface area contributed by atoms with E-state index in [-0.39, 0.29) is 11.1 Å². The minimum Gasteiger partial charge on any atom is -0.506 e. The summed E-state index contributed by atoms with van der Waals surface area (Å²) in [6.45, 7) is 0. The van der Waals surface area contributed by atoms with Gasteiger partial charge in [-0.2, -0.15) is 0 Å². The minimum absolute atomic E-state index is 0.198. The van der Waals surface area contributed by atoms with Gasteiger partial charge in [0.05, 0.1) is 11.1 Å². The summed E-state index contributed by atoms with van der Waals surface area (Å²) in [5, 5.41) is 20.1. The van der Waals surface area contributed by atoms with Crippen molar-refractivity contribution < 1.29 is 37.3 Å². The molecular weight excluding hydrogens is 360 g/mol. The topological polar surface area (TPSA) is 149 Å². The lowest BCUT2D eigenvalue weighted by molar-refractivity contribution is 0.0973. The van der Waals surface area contributed by atoms with Crippen molar-refractivity contribution >= 4 is 33.7 Å². The van der Waals surface area contributed by atoms with Crippen molar-refractivity contribution in [1.29, 1.82) is 0 Å². The van der Waals surface area contributed by atoms with Crippen molar-refractivity contribution in [3.8, 4) is 11.5 Å². The molecular formula is C14H8O8S2. The maximum atomic E-state index is 12.6. The molecule has 2 aromatic rings. The fourth-order valence-corrected chi connectivity index (χ4v) is 3.44. The molecule has 1 aliphatic rings. The molecule has 0 aliphatic heterocycles. The van der Waals surface area contributed by atoms with E-state index in [0.29, 0.717) is 0 Å². The van der Waals surface area contributed by atoms with E-state index in [1.54, 1.807) is 0 Å². The number of benzene rings is 2. The van der Waals surface area contributed by atoms with Crippen LogP contribution in [0.15, 0.2) is 34.1 Å². The van der Waals surface area contributed by atoms with Crippen molar-refractivity contribution in [2.24, 2.45) is 0 Å². The molecule has 0 spiro atoms. The molecule has 10 heteroatoms. The third kappa shape index (κ3) is 2.19. The van der Waals surface area contributed by atoms with Crippen LogP contribution in [0.1, 0.15) is 31.8 Å². The third-order valence-electron chi connectivity index (χ3n) is 3.60. The summed E-state index contributed by atoms with van der Waals surface area (Å²) in [4.78, 5) is 24.1. The van der Waals surface area contributed by atoms with Crippen LogP contribution in [0.3, 0.4) is 0 Å². The average molecular weight is 368 g/mol. The van der Waals surface area contributed by atoms with Gasteiger partial charge in [0.25, 0.3) is 0 Å². The Labute approximate surface area is 139 Å². The van der Waals surface area contributed by atoms with Crippen LogP contribution >= 0.6 is 0 Å². The molecule has 0 radical (unpaired) electrons. The molecule has 0 bridgehead atoms. The predicted molar refractivity (Wildman–Crippen MR) is 81.2 cm³/mol. The second kappa shape index (κ2) is 5.60. The predicted octanol–water partition coefficient (Wildman–Crippen LogP) is 1.03. The number of carbonyl (C=O) groups is 2. The highest BCUT2D eigenvalue weighted by Gasteiger charge is 2.36. The molecule has 0 saturated carbocycles. The maximum absolute atomic E-state index is 12.6. The lowest BCUT2D eigenvalue weighted by atomic mass is 9.83. The number of carbonyl (C=O) groups excluding carboxylic acids is 2. The zero-order valence-electron chi connectivity index (χ0n) is 11.5. The number of ketones is 2. The Bertz CT molecular complexity index is 904. The smallest absolute Gasteiger partial charge is 0.202 e. The number of fused-ring (bicyclic) bond motifs is 2. The summed E-state index contributed by atoms with van der Waals surface area (Å²) in [6.07, 6.45) is 0. The van der Waals surface area contributed by atoms with Gasteiger partial charge >= 0.3 is 0 Å². The van der Waals surface area contributed by atoms with Crippen molar-refractivity contribution in [2.45, 2.75) is 9.79 Å². The van der Waals surface area contributed by atoms with E-state index in [9.17, 15) is 28.2 Å². The molecule has 0 heterocycles. The van der Waals surface area contributed by atoms with Gasteiger partial charge in [-0.25, -0.2) is 8.42 Å². The molecule has 124 valence electrons. The lowest BCUT2D eigenvalue weighted by Crippen LogP contribution is -2.22. The molecule has 3 rings (SSSR count). The Hall–Kier alpha value is -2.40. The van der Waals surface area contributed by atoms with Crippen LogP contribution < -0.4 is 0 Å². The second-order valence-electron chi connectivity index (χ2n) is 4.83. The van der Waals surface area contributed by atoms with Gasteiger partial charge in [0.2, 0.25) is 5.78 Å². The zero-order valence-corrected chi connectivity index (χ0v) is 13.2. The largest absolute Gasteiger partial charge is 0.506 e. The van der Waals surface area contributed by atoms with Crippen LogP contribution in [-0.4, -0.2) is 39.3 Å². The Kier molecular flexibility index (Phi) is 3.84. The highest BCUT2D eigenvalue weighted by atomic mass is 32.2. The molecule has 2 aromatic carbocycles. The number of hydrogen-bond donors (Lipinski definition) is 4. The lowest BCUT2D eigenvalue weighted by Gasteiger charge is -2.20. The summed E-state index contributed by atoms with van der Waals surface area (Å²) in [6, 6.07) is 4.32. The first kappa shape index (κ1) is 16.5. The van der Waals surface area contributed by atoms with Crippen molar-refractivity contribution in [3.63, 3.8) is 0 Å². The van der Waals surface area contributed by atoms with Crippen LogP contribution in [0, 0.1) is 0 Å². The SMILES string of the molecule is O=C1c2ccc(S(=O)O)c(O)c2C(=O)c2c1ccc(S(=O)O)c2O. The molecule has 2 unspecified atom stereocenters. The highest BCUT2D eigenvalue weighted by molar-refractivity contribution is 7.79. The summed E-state index contributed by atoms with van der Waals surface area (Å²) >= 11 is -5.21. The van der Waals surface area contributed by atoms with Crippen molar-refractivity contribution in [1.82, 2.24) is 0 Å². The van der Waals surface area contributed by atoms with Gasteiger partial charge in [-0.3, -0.25) is 9.59 Å². The van der Waals surface area contributed by atoms with E-state index in [2.05, 4.69) is 0 Å². The first-order valence-electron chi connectivity index (χ1n) is 6.28. The molecule has 1 aliphatic carbocycles. The van der Waals surface area contributed by atoms with E-state index in [4.69, 9.17) is 9.11 Å². The van der Waals surface area contributed by atoms with Crippen LogP contribution in [0.25, 0.3) is 0 Å². The monoisotopic (exact) mass is 368 g/mol. The van der Waals surface area contributed by atoms with Gasteiger partial charge in [-0.1, -0.05) is 0 Å². The van der Waals surface area contributed by atoms with Gasteiger partial charge in [-0.15, -0.1) is 0 Å². The summed E-state index contributed by atoms with van der Waals surface area (Å²) in [5.74, 6) is -3.41. The second-order valence-corrected chi connectivity index (χ2v) is 6.70. The Morgan fingerprint density at radius 2 is 1.04 bits per heavy atom. The first-order valence-corrected chi connectivity index (χ1v) is 8.50. The van der Waals surface area contributed by atoms with E-state index in [0.717, 1.165) is 24.3 Å². The normalized spacial score (nSPS) is 15.6. The Morgan fingerprint density at radius 1 is 0.667 bits per heavy atom. The number of hydrogen-bond acceptors (Lipinski definition) is 6. The van der Waals surface area contributed by atoms with E-state index in [1.807, 2.05) is 0 Å². The van der Waals surface area contributed by atoms with Crippen LogP contribution in [0.5, 0.6) is 11.5 Å². The standard InChI is InChI=1S/C14H8O8S2/c15-11-5-1-3-7(23(19)20)12(16)9(5)14(18)10-6(11)2-4-8(13(10)17)24(21)22/h1-4,16-17H,(H,19,20)(H,21,22). The summed E-state index contributed by atoms with van der Waals surface area (Å²) < 4.78 is 40.6. The van der Waals surface area contributed by atoms with E-state index >= 15 is 0 Å². The fourth-order valence-electron chi connectivity index (χ4n) is 2.53. The molecule has 0 aromatic heterocycles. The molecule has 0 amide bonds. The zero-order chi connectivity index (χ0) is 17.8. The number of rotatable bonds is 2. The average Bonchev–Trinajstić information content (AvgIpc) is 2.51. The van der Waals surface area contributed by atoms with E-state index in [1.165, 1.54) is 0 Å². The van der Waals surface area contributed by atoms with Crippen LogP contribution in [-0.2, 0) is 22.2 Å². The van der Waals surface area contributed by atoms with E-state index < -0.39 is 66.1 Å². The van der Waals surface area contributed by atoms with Crippen LogP contribution in [0.4, 0.5) is 0 Å². The highest BCUT2D eigenvalue weighted by Crippen LogP contribution is 2.40. The molecule has 0 saturated heterocycles. The third-order valence-corrected chi connectivity index (χ3v) is 5.01. The summed E-state index contributed by atoms with van der Waals surface area (Å²) in [5.41, 5.74) is -1.47. The molecule has 8 nitrogen and oxygen atoms in total. The molecule has 0 fully saturated rings. The molecule has 24 heavy (non-hydrogen) atoms. The van der Waals surface area contributed by atoms with Gasteiger partial charge in [0, 0.05) is 11.1 Å². The Morgan fingerprint density at radius 3 is 1.38 bits per heavy atom. The van der Waals surface area contributed by atoms with Gasteiger partial charge in [0.1, 0.15) is 21.3 Å². The molecule has 2 atom stereocenters. The first-order chi connectivity index (χ1) is 11.3. The van der Waals surface area contributed by atoms with Crippen LogP contribution in [0.2, 0.25) is 0 Å². The van der Waals surface area contributed by atoms with Gasteiger partial charge in [0.15, 0.2) is 27.9 Å². The van der Waals surface area contributed by atoms with Gasteiger partial charge in [-0.05, 0) is 24.3 Å². The number of aromatic hydroxyl groups is 2. The fraction of sp³-hybridized carbons (Fsp3) is 0. The number of phenols is 2. The maximum Gasteiger partial charge on any atom is 0.202 e. The quantitative estimate of drug-likeness (QED) is 0.490. The Balaban J connectivity index is 2.36. The number of phenolic OH excluding ortho intramolecular Hbond substituents is 2. The summed E-state index contributed by atoms with van der Waals surface area (Å²) in [7, 11) is 0. The van der Waals surface area contributed by atoms with Crippen molar-refractivity contribution in [2.75, 3.05) is 0 Å². The van der Waals surface area contributed by atoms with Crippen molar-refractivity contribution in [3.05, 3.63) is 46.5 Å². The minimum atomic E-state index is -2.60. The molecule has 4 N–H and O–H groups in total. The van der Waals surface area contributed by atoms with Gasteiger partial charge < -0.3 is 19.3 Å².